The third-order valence-corrected chi connectivity index (χ3v) is 3.65. The molecule has 0 bridgehead atoms. The van der Waals surface area contributed by atoms with Crippen molar-refractivity contribution in [2.75, 3.05) is 25.3 Å². The Labute approximate surface area is 128 Å². The van der Waals surface area contributed by atoms with Crippen molar-refractivity contribution >= 4 is 17.3 Å². The van der Waals surface area contributed by atoms with Crippen molar-refractivity contribution < 1.29 is 14.3 Å². The predicted molar refractivity (Wildman–Crippen MR) is 84.2 cm³/mol. The standard InChI is InChI=1S/C16H17N3O3/c1-21-13-7-10(11(17)8-14(13)22-2)15-18-12-6-4-3-5-9(12)16(20)19-15/h3-8,15,18H,17H2,1-2H3,(H,19,20). The lowest BCUT2D eigenvalue weighted by Crippen LogP contribution is -2.38. The average molecular weight is 299 g/mol. The van der Waals surface area contributed by atoms with E-state index >= 15 is 0 Å². The van der Waals surface area contributed by atoms with Crippen LogP contribution in [0.25, 0.3) is 0 Å². The molecule has 1 heterocycles. The Balaban J connectivity index is 2.01. The van der Waals surface area contributed by atoms with Crippen LogP contribution in [0.4, 0.5) is 11.4 Å². The Kier molecular flexibility index (Phi) is 3.50. The van der Waals surface area contributed by atoms with Gasteiger partial charge in [0.1, 0.15) is 6.17 Å². The van der Waals surface area contributed by atoms with Crippen molar-refractivity contribution in [1.82, 2.24) is 5.32 Å². The molecule has 0 aliphatic carbocycles. The second-order valence-corrected chi connectivity index (χ2v) is 4.93. The van der Waals surface area contributed by atoms with E-state index in [1.54, 1.807) is 32.4 Å². The number of nitrogens with two attached hydrogens (primary N) is 1. The van der Waals surface area contributed by atoms with E-state index < -0.39 is 6.17 Å². The van der Waals surface area contributed by atoms with Crippen LogP contribution >= 0.6 is 0 Å². The lowest BCUT2D eigenvalue weighted by molar-refractivity contribution is 0.0936. The number of methoxy groups -OCH3 is 2. The number of carbonyl (C=O) groups excluding carboxylic acids is 1. The summed E-state index contributed by atoms with van der Waals surface area (Å²) in [4.78, 5) is 12.2. The Morgan fingerprint density at radius 2 is 1.73 bits per heavy atom. The minimum atomic E-state index is -0.429. The van der Waals surface area contributed by atoms with E-state index in [2.05, 4.69) is 10.6 Å². The molecule has 4 N–H and O–H groups in total. The highest BCUT2D eigenvalue weighted by molar-refractivity contribution is 6.01. The van der Waals surface area contributed by atoms with E-state index in [0.29, 0.717) is 22.7 Å². The number of rotatable bonds is 3. The van der Waals surface area contributed by atoms with Crippen molar-refractivity contribution in [2.24, 2.45) is 0 Å². The minimum absolute atomic E-state index is 0.145. The summed E-state index contributed by atoms with van der Waals surface area (Å²) in [5.74, 6) is 0.960. The predicted octanol–water partition coefficient (Wildman–Crippen LogP) is 2.14. The number of nitrogen functional groups attached to an aromatic ring is 1. The van der Waals surface area contributed by atoms with Crippen molar-refractivity contribution in [3.8, 4) is 11.5 Å². The fourth-order valence-electron chi connectivity index (χ4n) is 2.52. The van der Waals surface area contributed by atoms with Gasteiger partial charge in [-0.05, 0) is 18.2 Å². The van der Waals surface area contributed by atoms with E-state index in [0.717, 1.165) is 11.3 Å². The maximum Gasteiger partial charge on any atom is 0.255 e. The average Bonchev–Trinajstić information content (AvgIpc) is 2.54. The fourth-order valence-corrected chi connectivity index (χ4v) is 2.52. The second-order valence-electron chi connectivity index (χ2n) is 4.93. The molecule has 1 atom stereocenters. The summed E-state index contributed by atoms with van der Waals surface area (Å²) in [6.07, 6.45) is -0.429. The number of hydrogen-bond acceptors (Lipinski definition) is 5. The van der Waals surface area contributed by atoms with E-state index in [1.807, 2.05) is 18.2 Å². The SMILES string of the molecule is COc1cc(N)c(C2NC(=O)c3ccccc3N2)cc1OC. The van der Waals surface area contributed by atoms with Crippen LogP contribution < -0.4 is 25.8 Å². The number of benzene rings is 2. The molecular weight excluding hydrogens is 282 g/mol. The summed E-state index contributed by atoms with van der Waals surface area (Å²) in [5, 5.41) is 6.16. The van der Waals surface area contributed by atoms with Gasteiger partial charge in [0.25, 0.3) is 5.91 Å². The molecule has 0 aromatic heterocycles. The second kappa shape index (κ2) is 5.48. The maximum absolute atomic E-state index is 12.2. The number of nitrogens with one attached hydrogen (secondary N) is 2. The summed E-state index contributed by atoms with van der Waals surface area (Å²) < 4.78 is 10.5. The molecule has 0 spiro atoms. The van der Waals surface area contributed by atoms with Crippen molar-refractivity contribution in [3.63, 3.8) is 0 Å². The lowest BCUT2D eigenvalue weighted by Gasteiger charge is -2.29. The Hall–Kier alpha value is -2.89. The molecule has 2 aromatic carbocycles. The van der Waals surface area contributed by atoms with Gasteiger partial charge >= 0.3 is 0 Å². The molecule has 22 heavy (non-hydrogen) atoms. The molecule has 1 unspecified atom stereocenters. The van der Waals surface area contributed by atoms with Crippen LogP contribution in [0.1, 0.15) is 22.1 Å². The van der Waals surface area contributed by atoms with Gasteiger partial charge in [0, 0.05) is 23.0 Å². The molecule has 6 heteroatoms. The van der Waals surface area contributed by atoms with Gasteiger partial charge in [-0.2, -0.15) is 0 Å². The Bertz CT molecular complexity index is 731. The summed E-state index contributed by atoms with van der Waals surface area (Å²) in [6.45, 7) is 0. The molecule has 6 nitrogen and oxygen atoms in total. The molecule has 1 amide bonds. The molecule has 114 valence electrons. The smallest absolute Gasteiger partial charge is 0.255 e. The van der Waals surface area contributed by atoms with Gasteiger partial charge < -0.3 is 25.8 Å². The first-order valence-electron chi connectivity index (χ1n) is 6.82. The first-order chi connectivity index (χ1) is 10.6. The maximum atomic E-state index is 12.2. The van der Waals surface area contributed by atoms with Gasteiger partial charge in [0.2, 0.25) is 0 Å². The van der Waals surface area contributed by atoms with Crippen LogP contribution in [-0.4, -0.2) is 20.1 Å². The van der Waals surface area contributed by atoms with E-state index in [-0.39, 0.29) is 5.91 Å². The monoisotopic (exact) mass is 299 g/mol. The number of ether oxygens (including phenoxy) is 2. The molecule has 0 fully saturated rings. The van der Waals surface area contributed by atoms with Crippen molar-refractivity contribution in [1.29, 1.82) is 0 Å². The highest BCUT2D eigenvalue weighted by atomic mass is 16.5. The van der Waals surface area contributed by atoms with Crippen LogP contribution in [-0.2, 0) is 0 Å². The Morgan fingerprint density at radius 3 is 2.45 bits per heavy atom. The third-order valence-electron chi connectivity index (χ3n) is 3.65. The first-order valence-corrected chi connectivity index (χ1v) is 6.82. The van der Waals surface area contributed by atoms with E-state index in [4.69, 9.17) is 15.2 Å². The molecule has 0 saturated carbocycles. The summed E-state index contributed by atoms with van der Waals surface area (Å²) in [5.41, 5.74) is 8.70. The van der Waals surface area contributed by atoms with Gasteiger partial charge in [0.05, 0.1) is 19.8 Å². The van der Waals surface area contributed by atoms with E-state index in [1.165, 1.54) is 0 Å². The van der Waals surface area contributed by atoms with Crippen LogP contribution in [0.2, 0.25) is 0 Å². The summed E-state index contributed by atoms with van der Waals surface area (Å²) in [7, 11) is 3.11. The number of para-hydroxylation sites is 1. The summed E-state index contributed by atoms with van der Waals surface area (Å²) in [6, 6.07) is 10.8. The van der Waals surface area contributed by atoms with Crippen molar-refractivity contribution in [2.45, 2.75) is 6.17 Å². The summed E-state index contributed by atoms with van der Waals surface area (Å²) >= 11 is 0. The molecule has 0 saturated heterocycles. The van der Waals surface area contributed by atoms with Gasteiger partial charge in [-0.3, -0.25) is 4.79 Å². The number of amides is 1. The highest BCUT2D eigenvalue weighted by Crippen LogP contribution is 2.36. The zero-order chi connectivity index (χ0) is 15.7. The Morgan fingerprint density at radius 1 is 1.05 bits per heavy atom. The number of hydrogen-bond donors (Lipinski definition) is 3. The number of carbonyl (C=O) groups is 1. The highest BCUT2D eigenvalue weighted by Gasteiger charge is 2.26. The molecular formula is C16H17N3O3. The molecule has 1 aliphatic rings. The lowest BCUT2D eigenvalue weighted by atomic mass is 10.0. The first kappa shape index (κ1) is 14.1. The molecule has 2 aromatic rings. The normalized spacial score (nSPS) is 16.3. The number of anilines is 2. The van der Waals surface area contributed by atoms with Gasteiger partial charge in [-0.25, -0.2) is 0 Å². The zero-order valence-electron chi connectivity index (χ0n) is 12.3. The fraction of sp³-hybridized carbons (Fsp3) is 0.188. The van der Waals surface area contributed by atoms with Gasteiger partial charge in [-0.15, -0.1) is 0 Å². The minimum Gasteiger partial charge on any atom is -0.493 e. The van der Waals surface area contributed by atoms with Crippen molar-refractivity contribution in [3.05, 3.63) is 47.5 Å². The van der Waals surface area contributed by atoms with Crippen LogP contribution in [0.15, 0.2) is 36.4 Å². The third kappa shape index (κ3) is 2.28. The topological polar surface area (TPSA) is 85.6 Å². The van der Waals surface area contributed by atoms with Gasteiger partial charge in [-0.1, -0.05) is 12.1 Å². The quantitative estimate of drug-likeness (QED) is 0.756. The zero-order valence-corrected chi connectivity index (χ0v) is 12.3. The molecule has 0 radical (unpaired) electrons. The largest absolute Gasteiger partial charge is 0.493 e. The van der Waals surface area contributed by atoms with Crippen LogP contribution in [0.3, 0.4) is 0 Å². The van der Waals surface area contributed by atoms with E-state index in [9.17, 15) is 4.79 Å². The number of fused-ring (bicyclic) bond motifs is 1. The van der Waals surface area contributed by atoms with Crippen LogP contribution in [0.5, 0.6) is 11.5 Å². The van der Waals surface area contributed by atoms with Gasteiger partial charge in [0.15, 0.2) is 11.5 Å². The van der Waals surface area contributed by atoms with Crippen LogP contribution in [0, 0.1) is 0 Å². The molecule has 1 aliphatic heterocycles. The molecule has 3 rings (SSSR count).